The number of hydrogen-bond acceptors (Lipinski definition) is 6. The van der Waals surface area contributed by atoms with E-state index in [1.807, 2.05) is 0 Å². The number of nitrogens with zero attached hydrogens (tertiary/aromatic N) is 2. The van der Waals surface area contributed by atoms with Crippen molar-refractivity contribution in [2.75, 3.05) is 25.3 Å². The fourth-order valence-corrected chi connectivity index (χ4v) is 1.79. The zero-order valence-electron chi connectivity index (χ0n) is 10.8. The average Bonchev–Trinajstić information content (AvgIpc) is 2.43. The highest BCUT2D eigenvalue weighted by atomic mass is 35.5. The van der Waals surface area contributed by atoms with Gasteiger partial charge in [0.15, 0.2) is 11.6 Å². The van der Waals surface area contributed by atoms with E-state index in [2.05, 4.69) is 15.3 Å². The van der Waals surface area contributed by atoms with E-state index in [9.17, 15) is 4.39 Å². The van der Waals surface area contributed by atoms with Crippen molar-refractivity contribution in [3.63, 3.8) is 0 Å². The van der Waals surface area contributed by atoms with Gasteiger partial charge in [0.25, 0.3) is 0 Å². The molecule has 0 saturated carbocycles. The molecule has 1 aromatic heterocycles. The van der Waals surface area contributed by atoms with Gasteiger partial charge in [-0.1, -0.05) is 11.6 Å². The lowest BCUT2D eigenvalue weighted by Crippen LogP contribution is -2.03. The van der Waals surface area contributed by atoms with Crippen molar-refractivity contribution in [1.82, 2.24) is 9.97 Å². The predicted molar refractivity (Wildman–Crippen MR) is 74.2 cm³/mol. The number of methoxy groups -OCH3 is 2. The summed E-state index contributed by atoms with van der Waals surface area (Å²) in [4.78, 5) is 7.31. The molecule has 0 aliphatic heterocycles. The SMILES string of the molecule is COc1cc(OC)c(Nc2nc(N)ncc2F)cc1Cl. The zero-order chi connectivity index (χ0) is 14.7. The molecule has 8 heteroatoms. The van der Waals surface area contributed by atoms with Crippen LogP contribution in [0.2, 0.25) is 5.02 Å². The number of aromatic nitrogens is 2. The van der Waals surface area contributed by atoms with Crippen LogP contribution in [-0.4, -0.2) is 24.2 Å². The van der Waals surface area contributed by atoms with Gasteiger partial charge < -0.3 is 20.5 Å². The first kappa shape index (κ1) is 14.1. The molecule has 2 aromatic rings. The Balaban J connectivity index is 2.42. The Labute approximate surface area is 119 Å². The van der Waals surface area contributed by atoms with Crippen LogP contribution in [0.1, 0.15) is 0 Å². The van der Waals surface area contributed by atoms with Gasteiger partial charge in [-0.25, -0.2) is 9.37 Å². The zero-order valence-corrected chi connectivity index (χ0v) is 11.5. The molecule has 0 aliphatic carbocycles. The van der Waals surface area contributed by atoms with Crippen LogP contribution in [0.3, 0.4) is 0 Å². The van der Waals surface area contributed by atoms with E-state index in [1.165, 1.54) is 20.3 Å². The van der Waals surface area contributed by atoms with Crippen molar-refractivity contribution in [2.45, 2.75) is 0 Å². The first-order valence-corrected chi connectivity index (χ1v) is 5.89. The Kier molecular flexibility index (Phi) is 4.09. The minimum Gasteiger partial charge on any atom is -0.495 e. The Morgan fingerprint density at radius 2 is 1.95 bits per heavy atom. The van der Waals surface area contributed by atoms with Crippen LogP contribution in [-0.2, 0) is 0 Å². The highest BCUT2D eigenvalue weighted by Gasteiger charge is 2.13. The molecule has 0 spiro atoms. The third-order valence-electron chi connectivity index (χ3n) is 2.49. The fourth-order valence-electron chi connectivity index (χ4n) is 1.55. The Morgan fingerprint density at radius 1 is 1.25 bits per heavy atom. The molecule has 2 rings (SSSR count). The Hall–Kier alpha value is -2.28. The van der Waals surface area contributed by atoms with Gasteiger partial charge >= 0.3 is 0 Å². The fraction of sp³-hybridized carbons (Fsp3) is 0.167. The van der Waals surface area contributed by atoms with E-state index < -0.39 is 5.82 Å². The van der Waals surface area contributed by atoms with Crippen molar-refractivity contribution < 1.29 is 13.9 Å². The van der Waals surface area contributed by atoms with Crippen LogP contribution in [0, 0.1) is 5.82 Å². The van der Waals surface area contributed by atoms with E-state index in [4.69, 9.17) is 26.8 Å². The largest absolute Gasteiger partial charge is 0.495 e. The molecule has 0 fully saturated rings. The van der Waals surface area contributed by atoms with Crippen LogP contribution in [0.5, 0.6) is 11.5 Å². The molecular weight excluding hydrogens is 287 g/mol. The molecule has 0 amide bonds. The summed E-state index contributed by atoms with van der Waals surface area (Å²) >= 11 is 6.02. The quantitative estimate of drug-likeness (QED) is 0.903. The highest BCUT2D eigenvalue weighted by Crippen LogP contribution is 2.37. The maximum absolute atomic E-state index is 13.6. The monoisotopic (exact) mass is 298 g/mol. The average molecular weight is 299 g/mol. The molecule has 20 heavy (non-hydrogen) atoms. The minimum atomic E-state index is -0.645. The Bertz CT molecular complexity index is 639. The van der Waals surface area contributed by atoms with Gasteiger partial charge in [-0.15, -0.1) is 0 Å². The first-order chi connectivity index (χ1) is 9.55. The van der Waals surface area contributed by atoms with Crippen LogP contribution in [0.4, 0.5) is 21.8 Å². The highest BCUT2D eigenvalue weighted by molar-refractivity contribution is 6.32. The van der Waals surface area contributed by atoms with E-state index in [0.29, 0.717) is 22.2 Å². The second-order valence-electron chi connectivity index (χ2n) is 3.74. The molecule has 0 atom stereocenters. The van der Waals surface area contributed by atoms with E-state index in [1.54, 1.807) is 6.07 Å². The maximum atomic E-state index is 13.6. The summed E-state index contributed by atoms with van der Waals surface area (Å²) in [6.07, 6.45) is 0.974. The van der Waals surface area contributed by atoms with Gasteiger partial charge in [0.2, 0.25) is 5.95 Å². The summed E-state index contributed by atoms with van der Waals surface area (Å²) in [5.74, 6) is 0.0947. The van der Waals surface area contributed by atoms with Crippen molar-refractivity contribution in [3.8, 4) is 11.5 Å². The molecular formula is C12H12ClFN4O2. The van der Waals surface area contributed by atoms with Gasteiger partial charge in [0.1, 0.15) is 11.5 Å². The second kappa shape index (κ2) is 5.79. The summed E-state index contributed by atoms with van der Waals surface area (Å²) in [5.41, 5.74) is 5.85. The number of anilines is 3. The maximum Gasteiger partial charge on any atom is 0.222 e. The summed E-state index contributed by atoms with van der Waals surface area (Å²) in [5, 5.41) is 3.10. The summed E-state index contributed by atoms with van der Waals surface area (Å²) in [6, 6.07) is 3.12. The number of nitrogens with one attached hydrogen (secondary N) is 1. The van der Waals surface area contributed by atoms with E-state index in [0.717, 1.165) is 6.20 Å². The minimum absolute atomic E-state index is 0.0486. The summed E-state index contributed by atoms with van der Waals surface area (Å²) in [7, 11) is 2.96. The molecule has 1 heterocycles. The first-order valence-electron chi connectivity index (χ1n) is 5.51. The molecule has 1 aromatic carbocycles. The van der Waals surface area contributed by atoms with Crippen LogP contribution in [0.15, 0.2) is 18.3 Å². The number of halogens is 2. The van der Waals surface area contributed by atoms with Gasteiger partial charge in [-0.05, 0) is 6.07 Å². The van der Waals surface area contributed by atoms with Gasteiger partial charge in [-0.3, -0.25) is 0 Å². The van der Waals surface area contributed by atoms with Crippen molar-refractivity contribution in [2.24, 2.45) is 0 Å². The smallest absolute Gasteiger partial charge is 0.222 e. The number of hydrogen-bond donors (Lipinski definition) is 2. The topological polar surface area (TPSA) is 82.3 Å². The summed E-state index contributed by atoms with van der Waals surface area (Å²) in [6.45, 7) is 0. The number of rotatable bonds is 4. The van der Waals surface area contributed by atoms with Gasteiger partial charge in [-0.2, -0.15) is 4.98 Å². The number of nitrogens with two attached hydrogens (primary N) is 1. The van der Waals surface area contributed by atoms with Crippen LogP contribution in [0.25, 0.3) is 0 Å². The molecule has 0 saturated heterocycles. The lowest BCUT2D eigenvalue weighted by Gasteiger charge is -2.13. The predicted octanol–water partition coefficient (Wildman–Crippen LogP) is 2.61. The second-order valence-corrected chi connectivity index (χ2v) is 4.14. The molecule has 3 N–H and O–H groups in total. The normalized spacial score (nSPS) is 10.2. The van der Waals surface area contributed by atoms with Crippen molar-refractivity contribution >= 4 is 29.1 Å². The van der Waals surface area contributed by atoms with Crippen molar-refractivity contribution in [1.29, 1.82) is 0 Å². The van der Waals surface area contributed by atoms with Gasteiger partial charge in [0.05, 0.1) is 31.1 Å². The lowest BCUT2D eigenvalue weighted by molar-refractivity contribution is 0.395. The molecule has 106 valence electrons. The molecule has 0 bridgehead atoms. The van der Waals surface area contributed by atoms with E-state index in [-0.39, 0.29) is 11.8 Å². The van der Waals surface area contributed by atoms with Crippen molar-refractivity contribution in [3.05, 3.63) is 29.2 Å². The third-order valence-corrected chi connectivity index (χ3v) is 2.79. The van der Waals surface area contributed by atoms with Crippen LogP contribution >= 0.6 is 11.6 Å². The summed E-state index contributed by atoms with van der Waals surface area (Å²) < 4.78 is 23.9. The standard InChI is InChI=1S/C12H12ClFN4O2/c1-19-9-4-10(20-2)8(3-6(9)13)17-11-7(14)5-16-12(15)18-11/h3-5H,1-2H3,(H3,15,16,17,18). The number of nitrogen functional groups attached to an aromatic ring is 1. The molecule has 0 unspecified atom stereocenters. The Morgan fingerprint density at radius 3 is 2.60 bits per heavy atom. The van der Waals surface area contributed by atoms with Crippen LogP contribution < -0.4 is 20.5 Å². The number of ether oxygens (including phenoxy) is 2. The van der Waals surface area contributed by atoms with E-state index >= 15 is 0 Å². The van der Waals surface area contributed by atoms with Gasteiger partial charge in [0, 0.05) is 6.07 Å². The number of benzene rings is 1. The molecule has 6 nitrogen and oxygen atoms in total. The third kappa shape index (κ3) is 2.83. The molecule has 0 aliphatic rings. The lowest BCUT2D eigenvalue weighted by atomic mass is 10.2. The molecule has 0 radical (unpaired) electrons.